The molecule has 140 valence electrons. The van der Waals surface area contributed by atoms with E-state index in [9.17, 15) is 13.2 Å². The summed E-state index contributed by atoms with van der Waals surface area (Å²) in [4.78, 5) is 14.3. The lowest BCUT2D eigenvalue weighted by Crippen LogP contribution is -2.43. The normalized spacial score (nSPS) is 17.9. The first-order valence-electron chi connectivity index (χ1n) is 8.46. The second kappa shape index (κ2) is 7.92. The van der Waals surface area contributed by atoms with Crippen molar-refractivity contribution in [2.75, 3.05) is 26.7 Å². The highest BCUT2D eigenvalue weighted by atomic mass is 32.2. The van der Waals surface area contributed by atoms with E-state index in [0.717, 1.165) is 12.8 Å². The van der Waals surface area contributed by atoms with E-state index in [4.69, 9.17) is 9.15 Å². The van der Waals surface area contributed by atoms with Crippen LogP contribution in [0.25, 0.3) is 0 Å². The van der Waals surface area contributed by atoms with Gasteiger partial charge in [0, 0.05) is 19.6 Å². The van der Waals surface area contributed by atoms with Crippen LogP contribution in [0.3, 0.4) is 0 Å². The molecule has 0 bridgehead atoms. The monoisotopic (exact) mass is 378 g/mol. The molecule has 0 spiro atoms. The minimum atomic E-state index is -3.59. The number of hydrogen-bond acceptors (Lipinski definition) is 5. The van der Waals surface area contributed by atoms with E-state index in [1.165, 1.54) is 25.5 Å². The standard InChI is InChI=1S/C18H22N2O5S/c1-24-15-6-8-16(9-7-15)26(22,23)19-12-14-4-2-10-20(13-14)18(21)17-5-3-11-25-17/h3,5-9,11,14,19H,2,4,10,12-13H2,1H3/t14-/m1/s1. The summed E-state index contributed by atoms with van der Waals surface area (Å²) in [5.41, 5.74) is 0. The third-order valence-corrected chi connectivity index (χ3v) is 5.91. The first-order valence-corrected chi connectivity index (χ1v) is 9.94. The summed E-state index contributed by atoms with van der Waals surface area (Å²) < 4.78 is 37.7. The Balaban J connectivity index is 1.59. The van der Waals surface area contributed by atoms with Crippen molar-refractivity contribution in [2.24, 2.45) is 5.92 Å². The smallest absolute Gasteiger partial charge is 0.289 e. The SMILES string of the molecule is COc1ccc(S(=O)(=O)NC[C@H]2CCCN(C(=O)c3ccco3)C2)cc1. The lowest BCUT2D eigenvalue weighted by molar-refractivity contribution is 0.0644. The second-order valence-corrected chi connectivity index (χ2v) is 8.03. The summed E-state index contributed by atoms with van der Waals surface area (Å²) in [6, 6.07) is 9.55. The number of furan rings is 1. The highest BCUT2D eigenvalue weighted by Crippen LogP contribution is 2.20. The molecule has 2 heterocycles. The third kappa shape index (κ3) is 4.25. The molecule has 3 rings (SSSR count). The molecule has 1 aliphatic rings. The zero-order chi connectivity index (χ0) is 18.6. The highest BCUT2D eigenvalue weighted by molar-refractivity contribution is 7.89. The van der Waals surface area contributed by atoms with Gasteiger partial charge in [-0.15, -0.1) is 0 Å². The highest BCUT2D eigenvalue weighted by Gasteiger charge is 2.27. The van der Waals surface area contributed by atoms with Crippen LogP contribution in [-0.4, -0.2) is 46.0 Å². The van der Waals surface area contributed by atoms with Crippen molar-refractivity contribution < 1.29 is 22.4 Å². The van der Waals surface area contributed by atoms with Crippen LogP contribution < -0.4 is 9.46 Å². The number of likely N-dealkylation sites (tertiary alicyclic amines) is 1. The predicted molar refractivity (Wildman–Crippen MR) is 95.5 cm³/mol. The summed E-state index contributed by atoms with van der Waals surface area (Å²) in [5.74, 6) is 0.821. The maximum Gasteiger partial charge on any atom is 0.289 e. The average molecular weight is 378 g/mol. The van der Waals surface area contributed by atoms with Gasteiger partial charge in [0.15, 0.2) is 5.76 Å². The third-order valence-electron chi connectivity index (χ3n) is 4.47. The van der Waals surface area contributed by atoms with E-state index in [0.29, 0.717) is 24.6 Å². The summed E-state index contributed by atoms with van der Waals surface area (Å²) in [6.07, 6.45) is 3.17. The number of sulfonamides is 1. The Hall–Kier alpha value is -2.32. The summed E-state index contributed by atoms with van der Waals surface area (Å²) in [5, 5.41) is 0. The van der Waals surface area contributed by atoms with Crippen LogP contribution in [0.4, 0.5) is 0 Å². The lowest BCUT2D eigenvalue weighted by Gasteiger charge is -2.32. The Morgan fingerprint density at radius 1 is 1.31 bits per heavy atom. The quantitative estimate of drug-likeness (QED) is 0.832. The average Bonchev–Trinajstić information content (AvgIpc) is 3.21. The van der Waals surface area contributed by atoms with E-state index < -0.39 is 10.0 Å². The number of methoxy groups -OCH3 is 1. The number of carbonyl (C=O) groups excluding carboxylic acids is 1. The van der Waals surface area contributed by atoms with Gasteiger partial charge in [-0.3, -0.25) is 4.79 Å². The number of hydrogen-bond donors (Lipinski definition) is 1. The van der Waals surface area contributed by atoms with Gasteiger partial charge in [-0.1, -0.05) is 0 Å². The Kier molecular flexibility index (Phi) is 5.63. The fraction of sp³-hybridized carbons (Fsp3) is 0.389. The number of benzene rings is 1. The molecule has 7 nitrogen and oxygen atoms in total. The van der Waals surface area contributed by atoms with Gasteiger partial charge in [0.2, 0.25) is 10.0 Å². The van der Waals surface area contributed by atoms with E-state index in [-0.39, 0.29) is 23.3 Å². The van der Waals surface area contributed by atoms with Crippen molar-refractivity contribution in [2.45, 2.75) is 17.7 Å². The van der Waals surface area contributed by atoms with E-state index in [1.54, 1.807) is 29.2 Å². The lowest BCUT2D eigenvalue weighted by atomic mass is 9.98. The minimum Gasteiger partial charge on any atom is -0.497 e. The van der Waals surface area contributed by atoms with Crippen LogP contribution in [0, 0.1) is 5.92 Å². The maximum absolute atomic E-state index is 12.4. The van der Waals surface area contributed by atoms with Crippen molar-refractivity contribution in [1.29, 1.82) is 0 Å². The number of rotatable bonds is 6. The van der Waals surface area contributed by atoms with Gasteiger partial charge in [0.05, 0.1) is 18.3 Å². The largest absolute Gasteiger partial charge is 0.497 e. The second-order valence-electron chi connectivity index (χ2n) is 6.26. The van der Waals surface area contributed by atoms with Crippen LogP contribution in [0.5, 0.6) is 5.75 Å². The number of ether oxygens (including phenoxy) is 1. The van der Waals surface area contributed by atoms with Crippen molar-refractivity contribution >= 4 is 15.9 Å². The summed E-state index contributed by atoms with van der Waals surface area (Å²) in [7, 11) is -2.06. The summed E-state index contributed by atoms with van der Waals surface area (Å²) >= 11 is 0. The molecule has 1 aromatic carbocycles. The molecular formula is C18H22N2O5S. The van der Waals surface area contributed by atoms with Gasteiger partial charge in [-0.05, 0) is 55.2 Å². The molecule has 26 heavy (non-hydrogen) atoms. The number of nitrogens with one attached hydrogen (secondary N) is 1. The van der Waals surface area contributed by atoms with Gasteiger partial charge >= 0.3 is 0 Å². The van der Waals surface area contributed by atoms with Gasteiger partial charge in [0.25, 0.3) is 5.91 Å². The molecule has 0 aliphatic carbocycles. The molecule has 1 fully saturated rings. The number of carbonyl (C=O) groups is 1. The van der Waals surface area contributed by atoms with Gasteiger partial charge < -0.3 is 14.1 Å². The Morgan fingerprint density at radius 3 is 2.73 bits per heavy atom. The Bertz CT molecular complexity index is 831. The molecule has 1 saturated heterocycles. The topological polar surface area (TPSA) is 88.9 Å². The number of nitrogens with zero attached hydrogens (tertiary/aromatic N) is 1. The first kappa shape index (κ1) is 18.5. The van der Waals surface area contributed by atoms with Gasteiger partial charge in [-0.2, -0.15) is 0 Å². The molecule has 1 atom stereocenters. The zero-order valence-electron chi connectivity index (χ0n) is 14.6. The molecular weight excluding hydrogens is 356 g/mol. The van der Waals surface area contributed by atoms with Gasteiger partial charge in [-0.25, -0.2) is 13.1 Å². The van der Waals surface area contributed by atoms with E-state index in [2.05, 4.69) is 4.72 Å². The molecule has 0 saturated carbocycles. The number of amides is 1. The Labute approximate surface area is 153 Å². The molecule has 1 N–H and O–H groups in total. The first-order chi connectivity index (χ1) is 12.5. The molecule has 1 amide bonds. The molecule has 0 radical (unpaired) electrons. The van der Waals surface area contributed by atoms with Gasteiger partial charge in [0.1, 0.15) is 5.75 Å². The molecule has 1 aromatic heterocycles. The molecule has 8 heteroatoms. The van der Waals surface area contributed by atoms with Crippen LogP contribution in [0.1, 0.15) is 23.4 Å². The Morgan fingerprint density at radius 2 is 2.08 bits per heavy atom. The fourth-order valence-electron chi connectivity index (χ4n) is 3.04. The molecule has 0 unspecified atom stereocenters. The van der Waals surface area contributed by atoms with Crippen molar-refractivity contribution in [1.82, 2.24) is 9.62 Å². The van der Waals surface area contributed by atoms with Crippen LogP contribution >= 0.6 is 0 Å². The summed E-state index contributed by atoms with van der Waals surface area (Å²) in [6.45, 7) is 1.45. The van der Waals surface area contributed by atoms with Crippen LogP contribution in [0.2, 0.25) is 0 Å². The van der Waals surface area contributed by atoms with E-state index >= 15 is 0 Å². The number of piperidine rings is 1. The van der Waals surface area contributed by atoms with Crippen molar-refractivity contribution in [3.63, 3.8) is 0 Å². The zero-order valence-corrected chi connectivity index (χ0v) is 15.4. The van der Waals surface area contributed by atoms with Crippen molar-refractivity contribution in [3.05, 3.63) is 48.4 Å². The van der Waals surface area contributed by atoms with Crippen LogP contribution in [0.15, 0.2) is 52.0 Å². The molecule has 2 aromatic rings. The predicted octanol–water partition coefficient (Wildman–Crippen LogP) is 2.12. The fourth-order valence-corrected chi connectivity index (χ4v) is 4.15. The minimum absolute atomic E-state index is 0.0654. The maximum atomic E-state index is 12.4. The van der Waals surface area contributed by atoms with Crippen LogP contribution in [-0.2, 0) is 10.0 Å². The van der Waals surface area contributed by atoms with Crippen molar-refractivity contribution in [3.8, 4) is 5.75 Å². The van der Waals surface area contributed by atoms with E-state index in [1.807, 2.05) is 0 Å². The molecule has 1 aliphatic heterocycles.